The van der Waals surface area contributed by atoms with Gasteiger partial charge in [0.25, 0.3) is 5.22 Å². The summed E-state index contributed by atoms with van der Waals surface area (Å²) in [6.07, 6.45) is 4.16. The summed E-state index contributed by atoms with van der Waals surface area (Å²) < 4.78 is 5.66. The van der Waals surface area contributed by atoms with E-state index < -0.39 is 0 Å². The third-order valence-corrected chi connectivity index (χ3v) is 4.43. The second-order valence-electron chi connectivity index (χ2n) is 5.34. The molecule has 3 rings (SSSR count). The van der Waals surface area contributed by atoms with E-state index in [1.165, 1.54) is 24.6 Å². The monoisotopic (exact) mass is 302 g/mol. The Balaban J connectivity index is 1.51. The second-order valence-corrected chi connectivity index (χ2v) is 6.27. The predicted octanol–water partition coefficient (Wildman–Crippen LogP) is 3.35. The van der Waals surface area contributed by atoms with Crippen LogP contribution in [0, 0.1) is 5.92 Å². The van der Waals surface area contributed by atoms with Crippen molar-refractivity contribution >= 4 is 17.7 Å². The molecule has 2 aromatic rings. The summed E-state index contributed by atoms with van der Waals surface area (Å²) in [6.45, 7) is 2.07. The Kier molecular flexibility index (Phi) is 4.29. The van der Waals surface area contributed by atoms with Crippen molar-refractivity contribution in [1.29, 1.82) is 0 Å². The van der Waals surface area contributed by atoms with Gasteiger partial charge in [0, 0.05) is 11.6 Å². The fraction of sp³-hybridized carbons (Fsp3) is 0.375. The van der Waals surface area contributed by atoms with Gasteiger partial charge in [0.15, 0.2) is 5.76 Å². The zero-order valence-corrected chi connectivity index (χ0v) is 12.7. The molecule has 1 fully saturated rings. The Hall–Kier alpha value is -1.75. The molecule has 0 aliphatic heterocycles. The molecule has 1 aliphatic rings. The number of benzene rings is 1. The molecule has 1 saturated carbocycles. The number of thioether (sulfide) groups is 1. The van der Waals surface area contributed by atoms with Gasteiger partial charge in [-0.3, -0.25) is 4.79 Å². The molecule has 1 amide bonds. The summed E-state index contributed by atoms with van der Waals surface area (Å²) in [7, 11) is 0. The van der Waals surface area contributed by atoms with E-state index in [-0.39, 0.29) is 11.9 Å². The molecule has 1 aliphatic carbocycles. The van der Waals surface area contributed by atoms with Crippen LogP contribution in [0.2, 0.25) is 0 Å². The highest BCUT2D eigenvalue weighted by Gasteiger charge is 2.28. The van der Waals surface area contributed by atoms with Crippen molar-refractivity contribution in [3.63, 3.8) is 0 Å². The minimum Gasteiger partial charge on any atom is -0.431 e. The number of amides is 1. The van der Waals surface area contributed by atoms with Gasteiger partial charge in [-0.05, 0) is 25.7 Å². The Morgan fingerprint density at radius 2 is 2.19 bits per heavy atom. The number of rotatable bonds is 6. The Labute approximate surface area is 128 Å². The average molecular weight is 302 g/mol. The number of hydrogen-bond donors (Lipinski definition) is 1. The van der Waals surface area contributed by atoms with E-state index in [1.807, 2.05) is 30.3 Å². The van der Waals surface area contributed by atoms with E-state index in [1.54, 1.807) is 6.20 Å². The number of nitrogens with one attached hydrogen (secondary N) is 1. The third-order valence-electron chi connectivity index (χ3n) is 3.59. The van der Waals surface area contributed by atoms with Crippen molar-refractivity contribution < 1.29 is 9.21 Å². The van der Waals surface area contributed by atoms with E-state index >= 15 is 0 Å². The number of nitrogens with zero attached hydrogens (tertiary/aromatic N) is 1. The van der Waals surface area contributed by atoms with Crippen molar-refractivity contribution in [1.82, 2.24) is 10.3 Å². The van der Waals surface area contributed by atoms with Crippen LogP contribution in [0.4, 0.5) is 0 Å². The summed E-state index contributed by atoms with van der Waals surface area (Å²) in [6, 6.07) is 10.1. The molecule has 110 valence electrons. The summed E-state index contributed by atoms with van der Waals surface area (Å²) >= 11 is 1.33. The van der Waals surface area contributed by atoms with Gasteiger partial charge in [-0.2, -0.15) is 0 Å². The summed E-state index contributed by atoms with van der Waals surface area (Å²) in [4.78, 5) is 16.0. The molecular weight excluding hydrogens is 284 g/mol. The minimum absolute atomic E-state index is 0.0406. The number of oxazole rings is 1. The topological polar surface area (TPSA) is 55.1 Å². The highest BCUT2D eigenvalue weighted by molar-refractivity contribution is 7.99. The zero-order valence-electron chi connectivity index (χ0n) is 11.9. The van der Waals surface area contributed by atoms with Crippen LogP contribution in [-0.4, -0.2) is 22.7 Å². The highest BCUT2D eigenvalue weighted by atomic mass is 32.2. The molecule has 0 bridgehead atoms. The Morgan fingerprint density at radius 3 is 2.90 bits per heavy atom. The maximum Gasteiger partial charge on any atom is 0.256 e. The van der Waals surface area contributed by atoms with E-state index in [0.717, 1.165) is 11.3 Å². The van der Waals surface area contributed by atoms with Gasteiger partial charge < -0.3 is 9.73 Å². The van der Waals surface area contributed by atoms with Gasteiger partial charge in [0.1, 0.15) is 0 Å². The standard InChI is InChI=1S/C16H18N2O2S/c1-11(12-7-8-12)18-15(19)10-21-16-17-9-14(20-16)13-5-3-2-4-6-13/h2-6,9,11-12H,7-8,10H2,1H3,(H,18,19)/t11-/m0/s1. The number of aromatic nitrogens is 1. The average Bonchev–Trinajstić information content (AvgIpc) is 3.25. The molecule has 5 heteroatoms. The van der Waals surface area contributed by atoms with Gasteiger partial charge in [-0.15, -0.1) is 0 Å². The van der Waals surface area contributed by atoms with Crippen molar-refractivity contribution in [2.45, 2.75) is 31.0 Å². The van der Waals surface area contributed by atoms with Gasteiger partial charge in [-0.1, -0.05) is 42.1 Å². The van der Waals surface area contributed by atoms with Crippen LogP contribution in [-0.2, 0) is 4.79 Å². The highest BCUT2D eigenvalue weighted by Crippen LogP contribution is 2.32. The van der Waals surface area contributed by atoms with E-state index in [0.29, 0.717) is 16.9 Å². The van der Waals surface area contributed by atoms with Gasteiger partial charge in [0.05, 0.1) is 11.9 Å². The van der Waals surface area contributed by atoms with Crippen LogP contribution < -0.4 is 5.32 Å². The molecule has 1 heterocycles. The van der Waals surface area contributed by atoms with Crippen LogP contribution in [0.3, 0.4) is 0 Å². The fourth-order valence-electron chi connectivity index (χ4n) is 2.20. The maximum absolute atomic E-state index is 11.8. The lowest BCUT2D eigenvalue weighted by Crippen LogP contribution is -2.35. The first-order chi connectivity index (χ1) is 10.2. The van der Waals surface area contributed by atoms with E-state index in [9.17, 15) is 4.79 Å². The molecule has 21 heavy (non-hydrogen) atoms. The van der Waals surface area contributed by atoms with Crippen LogP contribution >= 0.6 is 11.8 Å². The maximum atomic E-state index is 11.8. The molecule has 0 unspecified atom stereocenters. The number of carbonyl (C=O) groups is 1. The summed E-state index contributed by atoms with van der Waals surface area (Å²) in [5.41, 5.74) is 0.989. The van der Waals surface area contributed by atoms with Crippen LogP contribution in [0.1, 0.15) is 19.8 Å². The van der Waals surface area contributed by atoms with Crippen molar-refractivity contribution in [2.75, 3.05) is 5.75 Å². The lowest BCUT2D eigenvalue weighted by molar-refractivity contribution is -0.119. The van der Waals surface area contributed by atoms with Gasteiger partial charge in [0.2, 0.25) is 5.91 Å². The molecule has 0 spiro atoms. The Morgan fingerprint density at radius 1 is 1.43 bits per heavy atom. The normalized spacial score (nSPS) is 15.7. The number of carbonyl (C=O) groups excluding carboxylic acids is 1. The number of hydrogen-bond acceptors (Lipinski definition) is 4. The van der Waals surface area contributed by atoms with Crippen molar-refractivity contribution in [2.24, 2.45) is 5.92 Å². The lowest BCUT2D eigenvalue weighted by Gasteiger charge is -2.11. The Bertz CT molecular complexity index is 608. The quantitative estimate of drug-likeness (QED) is 0.831. The van der Waals surface area contributed by atoms with E-state index in [4.69, 9.17) is 4.42 Å². The van der Waals surface area contributed by atoms with Crippen molar-refractivity contribution in [3.8, 4) is 11.3 Å². The predicted molar refractivity (Wildman–Crippen MR) is 83.0 cm³/mol. The minimum atomic E-state index is 0.0406. The summed E-state index contributed by atoms with van der Waals surface area (Å²) in [5.74, 6) is 1.78. The molecule has 4 nitrogen and oxygen atoms in total. The molecular formula is C16H18N2O2S. The third kappa shape index (κ3) is 3.88. The van der Waals surface area contributed by atoms with Crippen LogP contribution in [0.25, 0.3) is 11.3 Å². The first kappa shape index (κ1) is 14.2. The summed E-state index contributed by atoms with van der Waals surface area (Å²) in [5, 5.41) is 3.55. The first-order valence-corrected chi connectivity index (χ1v) is 8.14. The second kappa shape index (κ2) is 6.35. The molecule has 0 saturated heterocycles. The first-order valence-electron chi connectivity index (χ1n) is 7.16. The molecule has 1 N–H and O–H groups in total. The van der Waals surface area contributed by atoms with Crippen LogP contribution in [0.15, 0.2) is 46.2 Å². The van der Waals surface area contributed by atoms with Gasteiger partial charge >= 0.3 is 0 Å². The zero-order chi connectivity index (χ0) is 14.7. The molecule has 0 radical (unpaired) electrons. The van der Waals surface area contributed by atoms with Crippen molar-refractivity contribution in [3.05, 3.63) is 36.5 Å². The smallest absolute Gasteiger partial charge is 0.256 e. The van der Waals surface area contributed by atoms with Gasteiger partial charge in [-0.25, -0.2) is 4.98 Å². The molecule has 1 atom stereocenters. The molecule has 1 aromatic heterocycles. The fourth-order valence-corrected chi connectivity index (χ4v) is 2.81. The van der Waals surface area contributed by atoms with Crippen LogP contribution in [0.5, 0.6) is 0 Å². The largest absolute Gasteiger partial charge is 0.431 e. The molecule has 1 aromatic carbocycles. The van der Waals surface area contributed by atoms with E-state index in [2.05, 4.69) is 17.2 Å². The SMILES string of the molecule is C[C@H](NC(=O)CSc1ncc(-c2ccccc2)o1)C1CC1. The lowest BCUT2D eigenvalue weighted by atomic mass is 10.2.